The SMILES string of the molecule is CC[Si](CC)(CC)O[C@H](C[C@H](C(C)C)N(C)C(=O)OCC1c2ccccc2-c2ccccc21)c1nc(C(=O)OC)cs1. The molecule has 4 rings (SSSR count). The third-order valence-corrected chi connectivity index (χ3v) is 14.5. The molecule has 7 nitrogen and oxygen atoms in total. The maximum Gasteiger partial charge on any atom is 0.409 e. The number of benzene rings is 2. The topological polar surface area (TPSA) is 78.0 Å². The highest BCUT2D eigenvalue weighted by Gasteiger charge is 2.37. The molecule has 1 aliphatic carbocycles. The van der Waals surface area contributed by atoms with Gasteiger partial charge in [0.15, 0.2) is 14.0 Å². The molecule has 42 heavy (non-hydrogen) atoms. The standard InChI is InChI=1S/C33H44N2O5SSi/c1-8-42(9-2,10-3)40-30(31-34-28(21-41-31)32(36)38-7)19-29(22(4)5)35(6)33(37)39-20-27-25-17-13-11-15-23(25)24-16-12-14-18-26(24)27/h11-18,21-22,27,29-30H,8-10,19-20H2,1-7H3/t29-,30-/m1/s1. The van der Waals surface area contributed by atoms with Crippen LogP contribution in [-0.4, -0.2) is 57.1 Å². The minimum absolute atomic E-state index is 0.000622. The number of methoxy groups -OCH3 is 1. The highest BCUT2D eigenvalue weighted by molar-refractivity contribution is 7.09. The summed E-state index contributed by atoms with van der Waals surface area (Å²) in [6.45, 7) is 11.1. The average Bonchev–Trinajstić information content (AvgIpc) is 3.63. The fourth-order valence-corrected chi connectivity index (χ4v) is 9.79. The van der Waals surface area contributed by atoms with Gasteiger partial charge in [0.25, 0.3) is 0 Å². The van der Waals surface area contributed by atoms with E-state index in [0.717, 1.165) is 23.1 Å². The van der Waals surface area contributed by atoms with Crippen LogP contribution in [0.1, 0.15) is 79.7 Å². The molecule has 0 saturated heterocycles. The van der Waals surface area contributed by atoms with Crippen LogP contribution in [0.4, 0.5) is 4.79 Å². The summed E-state index contributed by atoms with van der Waals surface area (Å²) in [6, 6.07) is 19.5. The molecular formula is C33H44N2O5SSi. The molecule has 2 atom stereocenters. The molecule has 0 radical (unpaired) electrons. The summed E-state index contributed by atoms with van der Waals surface area (Å²) in [5.74, 6) is -0.319. The second kappa shape index (κ2) is 14.0. The van der Waals surface area contributed by atoms with Gasteiger partial charge in [-0.15, -0.1) is 11.3 Å². The zero-order valence-electron chi connectivity index (χ0n) is 25.9. The van der Waals surface area contributed by atoms with E-state index in [9.17, 15) is 9.59 Å². The Labute approximate surface area is 255 Å². The van der Waals surface area contributed by atoms with Crippen molar-refractivity contribution >= 4 is 31.7 Å². The summed E-state index contributed by atoms with van der Waals surface area (Å²) in [5, 5.41) is 2.47. The third-order valence-electron chi connectivity index (χ3n) is 8.86. The van der Waals surface area contributed by atoms with Gasteiger partial charge in [0.1, 0.15) is 11.6 Å². The normalized spacial score (nSPS) is 14.3. The Morgan fingerprint density at radius 3 is 2.07 bits per heavy atom. The highest BCUT2D eigenvalue weighted by atomic mass is 32.1. The van der Waals surface area contributed by atoms with Crippen LogP contribution in [0.5, 0.6) is 0 Å². The summed E-state index contributed by atoms with van der Waals surface area (Å²) >= 11 is 1.41. The van der Waals surface area contributed by atoms with Crippen LogP contribution in [0.2, 0.25) is 18.1 Å². The zero-order chi connectivity index (χ0) is 30.4. The lowest BCUT2D eigenvalue weighted by molar-refractivity contribution is 0.0593. The lowest BCUT2D eigenvalue weighted by Crippen LogP contribution is -2.44. The van der Waals surface area contributed by atoms with Crippen LogP contribution in [-0.2, 0) is 13.9 Å². The number of ether oxygens (including phenoxy) is 2. The average molecular weight is 609 g/mol. The summed E-state index contributed by atoms with van der Waals surface area (Å²) < 4.78 is 17.9. The van der Waals surface area contributed by atoms with Gasteiger partial charge in [0.05, 0.1) is 13.2 Å². The second-order valence-corrected chi connectivity index (χ2v) is 17.0. The van der Waals surface area contributed by atoms with Crippen LogP contribution in [0.25, 0.3) is 11.1 Å². The Bertz CT molecular complexity index is 1320. The number of thiazole rings is 1. The van der Waals surface area contributed by atoms with E-state index in [0.29, 0.717) is 6.42 Å². The summed E-state index contributed by atoms with van der Waals surface area (Å²) in [5.41, 5.74) is 5.07. The van der Waals surface area contributed by atoms with Crippen molar-refractivity contribution in [3.63, 3.8) is 0 Å². The number of amides is 1. The molecule has 3 aromatic rings. The number of nitrogens with zero attached hydrogens (tertiary/aromatic N) is 2. The molecule has 0 unspecified atom stereocenters. The van der Waals surface area contributed by atoms with Gasteiger partial charge in [-0.25, -0.2) is 14.6 Å². The molecule has 0 bridgehead atoms. The summed E-state index contributed by atoms with van der Waals surface area (Å²) in [6.07, 6.45) is -0.133. The molecule has 0 fully saturated rings. The Kier molecular flexibility index (Phi) is 10.6. The molecule has 226 valence electrons. The highest BCUT2D eigenvalue weighted by Crippen LogP contribution is 2.44. The first kappa shape index (κ1) is 31.9. The van der Waals surface area contributed by atoms with Gasteiger partial charge in [-0.3, -0.25) is 0 Å². The summed E-state index contributed by atoms with van der Waals surface area (Å²) in [7, 11) is 1.13. The smallest absolute Gasteiger partial charge is 0.409 e. The molecule has 0 saturated carbocycles. The number of hydrogen-bond donors (Lipinski definition) is 0. The van der Waals surface area contributed by atoms with Crippen molar-refractivity contribution < 1.29 is 23.5 Å². The van der Waals surface area contributed by atoms with Crippen LogP contribution >= 0.6 is 11.3 Å². The first-order chi connectivity index (χ1) is 20.2. The molecule has 0 aliphatic heterocycles. The monoisotopic (exact) mass is 608 g/mol. The van der Waals surface area contributed by atoms with Gasteiger partial charge in [0.2, 0.25) is 0 Å². The van der Waals surface area contributed by atoms with Gasteiger partial charge in [-0.05, 0) is 52.7 Å². The van der Waals surface area contributed by atoms with Gasteiger partial charge >= 0.3 is 12.1 Å². The maximum atomic E-state index is 13.6. The predicted octanol–water partition coefficient (Wildman–Crippen LogP) is 8.29. The number of fused-ring (bicyclic) bond motifs is 3. The first-order valence-electron chi connectivity index (χ1n) is 15.0. The van der Waals surface area contributed by atoms with Gasteiger partial charge in [-0.1, -0.05) is 83.1 Å². The van der Waals surface area contributed by atoms with Crippen molar-refractivity contribution in [2.45, 2.75) is 77.2 Å². The lowest BCUT2D eigenvalue weighted by Gasteiger charge is -2.37. The number of esters is 1. The second-order valence-electron chi connectivity index (χ2n) is 11.4. The van der Waals surface area contributed by atoms with E-state index in [1.165, 1.54) is 40.7 Å². The van der Waals surface area contributed by atoms with Gasteiger partial charge in [-0.2, -0.15) is 0 Å². The van der Waals surface area contributed by atoms with Crippen LogP contribution in [0.3, 0.4) is 0 Å². The van der Waals surface area contributed by atoms with E-state index >= 15 is 0 Å². The Morgan fingerprint density at radius 2 is 1.55 bits per heavy atom. The molecular weight excluding hydrogens is 565 g/mol. The molecule has 0 spiro atoms. The molecule has 1 heterocycles. The Balaban J connectivity index is 1.54. The largest absolute Gasteiger partial charge is 0.464 e. The maximum absolute atomic E-state index is 13.6. The third kappa shape index (κ3) is 6.63. The quantitative estimate of drug-likeness (QED) is 0.144. The van der Waals surface area contributed by atoms with E-state index < -0.39 is 14.3 Å². The van der Waals surface area contributed by atoms with Crippen LogP contribution in [0, 0.1) is 5.92 Å². The molecule has 1 amide bonds. The van der Waals surface area contributed by atoms with Crippen molar-refractivity contribution in [2.24, 2.45) is 5.92 Å². The first-order valence-corrected chi connectivity index (χ1v) is 18.4. The fourth-order valence-electron chi connectivity index (χ4n) is 6.06. The fraction of sp³-hybridized carbons (Fsp3) is 0.485. The molecule has 1 aliphatic rings. The van der Waals surface area contributed by atoms with Crippen LogP contribution in [0.15, 0.2) is 53.9 Å². The van der Waals surface area contributed by atoms with Gasteiger partial charge in [0, 0.05) is 24.4 Å². The van der Waals surface area contributed by atoms with Crippen molar-refractivity contribution in [2.75, 3.05) is 20.8 Å². The van der Waals surface area contributed by atoms with Crippen molar-refractivity contribution in [1.82, 2.24) is 9.88 Å². The van der Waals surface area contributed by atoms with E-state index in [2.05, 4.69) is 63.9 Å². The molecule has 1 aromatic heterocycles. The van der Waals surface area contributed by atoms with E-state index in [1.807, 2.05) is 31.3 Å². The predicted molar refractivity (Wildman–Crippen MR) is 171 cm³/mol. The molecule has 0 N–H and O–H groups in total. The molecule has 2 aromatic carbocycles. The number of hydrogen-bond acceptors (Lipinski definition) is 7. The number of carbonyl (C=O) groups is 2. The summed E-state index contributed by atoms with van der Waals surface area (Å²) in [4.78, 5) is 32.1. The number of carbonyl (C=O) groups excluding carboxylic acids is 2. The number of aromatic nitrogens is 1. The number of rotatable bonds is 13. The van der Waals surface area contributed by atoms with Crippen molar-refractivity contribution in [3.8, 4) is 11.1 Å². The van der Waals surface area contributed by atoms with Crippen LogP contribution < -0.4 is 0 Å². The van der Waals surface area contributed by atoms with Crippen molar-refractivity contribution in [3.05, 3.63) is 75.7 Å². The Morgan fingerprint density at radius 1 is 0.976 bits per heavy atom. The van der Waals surface area contributed by atoms with E-state index in [4.69, 9.17) is 13.9 Å². The van der Waals surface area contributed by atoms with E-state index in [1.54, 1.807) is 10.3 Å². The van der Waals surface area contributed by atoms with Crippen molar-refractivity contribution in [1.29, 1.82) is 0 Å². The molecule has 9 heteroatoms. The lowest BCUT2D eigenvalue weighted by atomic mass is 9.97. The zero-order valence-corrected chi connectivity index (χ0v) is 27.7. The Hall–Kier alpha value is -3.01. The van der Waals surface area contributed by atoms with E-state index in [-0.39, 0.29) is 42.4 Å². The minimum atomic E-state index is -2.04. The van der Waals surface area contributed by atoms with Gasteiger partial charge < -0.3 is 18.8 Å². The minimum Gasteiger partial charge on any atom is -0.464 e.